The second-order valence-electron chi connectivity index (χ2n) is 7.17. The Bertz CT molecular complexity index is 906. The van der Waals surface area contributed by atoms with Crippen molar-refractivity contribution in [2.75, 3.05) is 22.4 Å². The second kappa shape index (κ2) is 8.32. The van der Waals surface area contributed by atoms with E-state index in [1.165, 1.54) is 12.1 Å². The summed E-state index contributed by atoms with van der Waals surface area (Å²) in [6.45, 7) is 1.30. The van der Waals surface area contributed by atoms with Crippen LogP contribution in [0.4, 0.5) is 15.8 Å². The van der Waals surface area contributed by atoms with Gasteiger partial charge in [-0.2, -0.15) is 0 Å². The molecule has 0 saturated carbocycles. The number of nitrogens with zero attached hydrogens (tertiary/aromatic N) is 2. The summed E-state index contributed by atoms with van der Waals surface area (Å²) in [5, 5.41) is 0. The summed E-state index contributed by atoms with van der Waals surface area (Å²) in [6, 6.07) is 25.7. The number of rotatable bonds is 6. The first-order valence-corrected chi connectivity index (χ1v) is 11.6. The predicted molar refractivity (Wildman–Crippen MR) is 118 cm³/mol. The van der Waals surface area contributed by atoms with E-state index in [2.05, 4.69) is 9.34 Å². The molecule has 3 aromatic rings. The van der Waals surface area contributed by atoms with Crippen molar-refractivity contribution in [3.05, 3.63) is 96.3 Å². The van der Waals surface area contributed by atoms with Crippen LogP contribution in [0.3, 0.4) is 0 Å². The minimum atomic E-state index is -3.42. The molecule has 0 amide bonds. The molecule has 150 valence electrons. The molecule has 0 bridgehead atoms. The van der Waals surface area contributed by atoms with Gasteiger partial charge in [-0.3, -0.25) is 0 Å². The third kappa shape index (κ3) is 3.64. The number of carbonyl (C=O) groups excluding carboxylic acids is 1. The number of hydrogen-bond donors (Lipinski definition) is 1. The molecule has 0 radical (unpaired) electrons. The first-order valence-electron chi connectivity index (χ1n) is 9.71. The van der Waals surface area contributed by atoms with Crippen LogP contribution in [0.25, 0.3) is 0 Å². The predicted octanol–water partition coefficient (Wildman–Crippen LogP) is 4.97. The van der Waals surface area contributed by atoms with Crippen molar-refractivity contribution in [3.63, 3.8) is 0 Å². The molecule has 1 N–H and O–H groups in total. The fraction of sp³-hybridized carbons (Fsp3) is 0.174. The van der Waals surface area contributed by atoms with Gasteiger partial charge in [-0.15, -0.1) is 0 Å². The quantitative estimate of drug-likeness (QED) is 0.460. The summed E-state index contributed by atoms with van der Waals surface area (Å²) < 4.78 is 17.7. The number of benzene rings is 3. The second-order valence-corrected chi connectivity index (χ2v) is 10.3. The number of aldehydes is 1. The third-order valence-corrected chi connectivity index (χ3v) is 9.61. The first-order chi connectivity index (χ1) is 14.1. The van der Waals surface area contributed by atoms with Crippen molar-refractivity contribution in [2.45, 2.75) is 12.1 Å². The van der Waals surface area contributed by atoms with E-state index in [4.69, 9.17) is 0 Å². The molecule has 4 nitrogen and oxygen atoms in total. The Labute approximate surface area is 170 Å². The van der Waals surface area contributed by atoms with Crippen LogP contribution in [0.1, 0.15) is 17.6 Å². The maximum absolute atomic E-state index is 13.6. The zero-order valence-electron chi connectivity index (χ0n) is 16.0. The molecule has 1 saturated heterocycles. The SMILES string of the molecule is O=CCC(c1ccc(F)cc1)[PH]1(O)N(c2ccccc2)CCN1c1ccccc1. The van der Waals surface area contributed by atoms with Crippen molar-refractivity contribution in [3.8, 4) is 0 Å². The zero-order chi connectivity index (χ0) is 20.3. The molecule has 1 aliphatic rings. The van der Waals surface area contributed by atoms with Gasteiger partial charge in [-0.1, -0.05) is 0 Å². The van der Waals surface area contributed by atoms with Crippen molar-refractivity contribution in [2.24, 2.45) is 0 Å². The number of para-hydroxylation sites is 2. The van der Waals surface area contributed by atoms with Gasteiger partial charge in [0.1, 0.15) is 0 Å². The van der Waals surface area contributed by atoms with Crippen molar-refractivity contribution >= 4 is 25.5 Å². The molecule has 0 spiro atoms. The Balaban J connectivity index is 1.86. The molecular formula is C23H24FN2O2P. The van der Waals surface area contributed by atoms with Gasteiger partial charge < -0.3 is 0 Å². The van der Waals surface area contributed by atoms with E-state index in [1.54, 1.807) is 12.1 Å². The normalized spacial score (nSPS) is 17.7. The van der Waals surface area contributed by atoms with Crippen LogP contribution in [0.2, 0.25) is 0 Å². The van der Waals surface area contributed by atoms with Crippen LogP contribution < -0.4 is 9.34 Å². The van der Waals surface area contributed by atoms with E-state index in [-0.39, 0.29) is 12.2 Å². The average Bonchev–Trinajstić information content (AvgIpc) is 3.12. The van der Waals surface area contributed by atoms with Crippen LogP contribution in [-0.4, -0.2) is 24.3 Å². The van der Waals surface area contributed by atoms with Crippen LogP contribution in [0.5, 0.6) is 0 Å². The number of halogens is 1. The number of hydrogen-bond acceptors (Lipinski definition) is 4. The Morgan fingerprint density at radius 2 is 1.34 bits per heavy atom. The van der Waals surface area contributed by atoms with Crippen molar-refractivity contribution in [1.29, 1.82) is 0 Å². The van der Waals surface area contributed by atoms with Gasteiger partial charge in [0.25, 0.3) is 0 Å². The fourth-order valence-corrected chi connectivity index (χ4v) is 8.23. The van der Waals surface area contributed by atoms with Gasteiger partial charge in [-0.25, -0.2) is 0 Å². The summed E-state index contributed by atoms with van der Waals surface area (Å²) in [4.78, 5) is 24.0. The molecule has 4 rings (SSSR count). The van der Waals surface area contributed by atoms with Gasteiger partial charge in [0, 0.05) is 0 Å². The molecule has 6 heteroatoms. The van der Waals surface area contributed by atoms with Gasteiger partial charge in [0.2, 0.25) is 0 Å². The molecule has 1 unspecified atom stereocenters. The van der Waals surface area contributed by atoms with Gasteiger partial charge >= 0.3 is 170 Å². The molecule has 1 atom stereocenters. The van der Waals surface area contributed by atoms with E-state index in [1.807, 2.05) is 60.7 Å². The van der Waals surface area contributed by atoms with E-state index in [0.717, 1.165) is 23.2 Å². The van der Waals surface area contributed by atoms with Crippen molar-refractivity contribution < 1.29 is 14.1 Å². The molecule has 1 aliphatic heterocycles. The Morgan fingerprint density at radius 1 is 0.862 bits per heavy atom. The van der Waals surface area contributed by atoms with Crippen LogP contribution in [-0.2, 0) is 4.79 Å². The standard InChI is InChI=1S/C23H24FN2O2P/c24-20-13-11-19(12-14-20)23(15-18-27)29(28)25(21-7-3-1-4-8-21)16-17-26(29)22-9-5-2-6-10-22/h1-14,18,23,28-29H,15-17H2. The first kappa shape index (κ1) is 19.6. The monoisotopic (exact) mass is 410 g/mol. The van der Waals surface area contributed by atoms with Gasteiger partial charge in [-0.05, 0) is 0 Å². The zero-order valence-corrected chi connectivity index (χ0v) is 17.0. The van der Waals surface area contributed by atoms with E-state index in [0.29, 0.717) is 13.1 Å². The van der Waals surface area contributed by atoms with E-state index < -0.39 is 13.4 Å². The van der Waals surface area contributed by atoms with Crippen LogP contribution >= 0.6 is 7.79 Å². The van der Waals surface area contributed by atoms with Gasteiger partial charge in [0.05, 0.1) is 0 Å². The minimum absolute atomic E-state index is 0.168. The summed E-state index contributed by atoms with van der Waals surface area (Å²) in [6.07, 6.45) is 1.02. The summed E-state index contributed by atoms with van der Waals surface area (Å²) >= 11 is 0. The topological polar surface area (TPSA) is 43.8 Å². The number of carbonyl (C=O) groups is 1. The molecule has 1 fully saturated rings. The van der Waals surface area contributed by atoms with E-state index in [9.17, 15) is 14.1 Å². The molecule has 0 aromatic heterocycles. The molecule has 1 heterocycles. The number of anilines is 2. The Hall–Kier alpha value is -2.75. The van der Waals surface area contributed by atoms with Crippen molar-refractivity contribution in [1.82, 2.24) is 0 Å². The average molecular weight is 410 g/mol. The van der Waals surface area contributed by atoms with Crippen LogP contribution in [0.15, 0.2) is 84.9 Å². The van der Waals surface area contributed by atoms with E-state index >= 15 is 0 Å². The van der Waals surface area contributed by atoms with Gasteiger partial charge in [0.15, 0.2) is 0 Å². The summed E-state index contributed by atoms with van der Waals surface area (Å²) in [7, 11) is -3.42. The Morgan fingerprint density at radius 3 is 1.79 bits per heavy atom. The molecule has 29 heavy (non-hydrogen) atoms. The summed E-state index contributed by atoms with van der Waals surface area (Å²) in [5.74, 6) is -0.335. The Kier molecular flexibility index (Phi) is 5.61. The maximum atomic E-state index is 13.6. The van der Waals surface area contributed by atoms with Crippen LogP contribution in [0, 0.1) is 5.82 Å². The fourth-order valence-electron chi connectivity index (χ4n) is 4.21. The molecule has 0 aliphatic carbocycles. The molecule has 3 aromatic carbocycles. The third-order valence-electron chi connectivity index (χ3n) is 5.55. The molecular weight excluding hydrogens is 386 g/mol. The summed E-state index contributed by atoms with van der Waals surface area (Å²) in [5.41, 5.74) is 2.20.